The van der Waals surface area contributed by atoms with Gasteiger partial charge in [0, 0.05) is 25.0 Å². The standard InChI is InChI=1S/C12H24N2O/c1-4-11(13)7-12(15)14-8-9(2)5-6-10(14)3/h9-11H,4-8,13H2,1-3H3. The predicted octanol–water partition coefficient (Wildman–Crippen LogP) is 1.76. The lowest BCUT2D eigenvalue weighted by Crippen LogP contribution is -2.46. The van der Waals surface area contributed by atoms with Crippen LogP contribution in [0.4, 0.5) is 0 Å². The average Bonchev–Trinajstić information content (AvgIpc) is 2.21. The minimum absolute atomic E-state index is 0.0296. The summed E-state index contributed by atoms with van der Waals surface area (Å²) in [6, 6.07) is 0.430. The van der Waals surface area contributed by atoms with E-state index >= 15 is 0 Å². The molecule has 0 aromatic heterocycles. The first kappa shape index (κ1) is 12.5. The second-order valence-corrected chi connectivity index (χ2v) is 4.95. The SMILES string of the molecule is CCC(N)CC(=O)N1CC(C)CCC1C. The topological polar surface area (TPSA) is 46.3 Å². The van der Waals surface area contributed by atoms with Gasteiger partial charge in [0.2, 0.25) is 5.91 Å². The van der Waals surface area contributed by atoms with Crippen LogP contribution in [-0.4, -0.2) is 29.4 Å². The smallest absolute Gasteiger partial charge is 0.224 e. The quantitative estimate of drug-likeness (QED) is 0.775. The molecule has 0 saturated carbocycles. The van der Waals surface area contributed by atoms with Crippen LogP contribution in [0, 0.1) is 5.92 Å². The number of likely N-dealkylation sites (tertiary alicyclic amines) is 1. The van der Waals surface area contributed by atoms with E-state index in [1.54, 1.807) is 0 Å². The van der Waals surface area contributed by atoms with Crippen LogP contribution in [0.3, 0.4) is 0 Å². The van der Waals surface area contributed by atoms with Crippen LogP contribution in [0.2, 0.25) is 0 Å². The molecule has 0 radical (unpaired) electrons. The predicted molar refractivity (Wildman–Crippen MR) is 62.5 cm³/mol. The molecule has 0 aromatic carbocycles. The third kappa shape index (κ3) is 3.49. The summed E-state index contributed by atoms with van der Waals surface area (Å²) in [5.74, 6) is 0.881. The number of nitrogens with two attached hydrogens (primary N) is 1. The number of piperidine rings is 1. The molecule has 1 fully saturated rings. The van der Waals surface area contributed by atoms with E-state index in [-0.39, 0.29) is 11.9 Å². The molecule has 1 amide bonds. The second kappa shape index (κ2) is 5.50. The molecule has 0 bridgehead atoms. The summed E-state index contributed by atoms with van der Waals surface area (Å²) in [7, 11) is 0. The number of hydrogen-bond acceptors (Lipinski definition) is 2. The van der Waals surface area contributed by atoms with E-state index in [1.807, 2.05) is 11.8 Å². The molecule has 3 unspecified atom stereocenters. The second-order valence-electron chi connectivity index (χ2n) is 4.95. The van der Waals surface area contributed by atoms with Gasteiger partial charge in [-0.05, 0) is 32.1 Å². The number of hydrogen-bond donors (Lipinski definition) is 1. The van der Waals surface area contributed by atoms with E-state index in [9.17, 15) is 4.79 Å². The van der Waals surface area contributed by atoms with Crippen LogP contribution in [0.15, 0.2) is 0 Å². The van der Waals surface area contributed by atoms with Gasteiger partial charge >= 0.3 is 0 Å². The zero-order valence-corrected chi connectivity index (χ0v) is 10.2. The zero-order chi connectivity index (χ0) is 11.4. The first-order chi connectivity index (χ1) is 7.04. The van der Waals surface area contributed by atoms with Crippen molar-refractivity contribution in [2.24, 2.45) is 11.7 Å². The molecule has 3 atom stereocenters. The van der Waals surface area contributed by atoms with Crippen LogP contribution >= 0.6 is 0 Å². The number of carbonyl (C=O) groups is 1. The maximum Gasteiger partial charge on any atom is 0.224 e. The molecule has 15 heavy (non-hydrogen) atoms. The van der Waals surface area contributed by atoms with Crippen LogP contribution < -0.4 is 5.73 Å². The van der Waals surface area contributed by atoms with Gasteiger partial charge in [-0.3, -0.25) is 4.79 Å². The van der Waals surface area contributed by atoms with Crippen LogP contribution in [-0.2, 0) is 4.79 Å². The maximum absolute atomic E-state index is 12.0. The molecule has 1 saturated heterocycles. The Morgan fingerprint density at radius 1 is 1.47 bits per heavy atom. The van der Waals surface area contributed by atoms with E-state index in [0.29, 0.717) is 18.4 Å². The van der Waals surface area contributed by atoms with Gasteiger partial charge in [-0.1, -0.05) is 13.8 Å². The Hall–Kier alpha value is -0.570. The van der Waals surface area contributed by atoms with Crippen molar-refractivity contribution < 1.29 is 4.79 Å². The van der Waals surface area contributed by atoms with Crippen molar-refractivity contribution in [1.82, 2.24) is 4.90 Å². The summed E-state index contributed by atoms with van der Waals surface area (Å²) < 4.78 is 0. The normalized spacial score (nSPS) is 28.9. The van der Waals surface area contributed by atoms with Crippen molar-refractivity contribution in [2.75, 3.05) is 6.54 Å². The van der Waals surface area contributed by atoms with Crippen molar-refractivity contribution in [3.63, 3.8) is 0 Å². The van der Waals surface area contributed by atoms with Crippen molar-refractivity contribution in [2.45, 2.75) is 58.5 Å². The Bertz CT molecular complexity index is 218. The summed E-state index contributed by atoms with van der Waals surface area (Å²) in [6.45, 7) is 7.30. The van der Waals surface area contributed by atoms with Gasteiger partial charge in [0.15, 0.2) is 0 Å². The van der Waals surface area contributed by atoms with Gasteiger partial charge < -0.3 is 10.6 Å². The summed E-state index contributed by atoms with van der Waals surface area (Å²) in [6.07, 6.45) is 3.76. The minimum atomic E-state index is 0.0296. The fraction of sp³-hybridized carbons (Fsp3) is 0.917. The summed E-state index contributed by atoms with van der Waals surface area (Å²) in [5, 5.41) is 0. The van der Waals surface area contributed by atoms with E-state index < -0.39 is 0 Å². The van der Waals surface area contributed by atoms with Gasteiger partial charge in [0.05, 0.1) is 0 Å². The van der Waals surface area contributed by atoms with Crippen LogP contribution in [0.25, 0.3) is 0 Å². The highest BCUT2D eigenvalue weighted by Gasteiger charge is 2.27. The molecule has 1 heterocycles. The first-order valence-corrected chi connectivity index (χ1v) is 6.09. The lowest BCUT2D eigenvalue weighted by molar-refractivity contribution is -0.135. The van der Waals surface area contributed by atoms with Crippen LogP contribution in [0.1, 0.15) is 46.5 Å². The van der Waals surface area contributed by atoms with Crippen molar-refractivity contribution in [3.05, 3.63) is 0 Å². The average molecular weight is 212 g/mol. The van der Waals surface area contributed by atoms with Gasteiger partial charge in [0.1, 0.15) is 0 Å². The number of nitrogens with zero attached hydrogens (tertiary/aromatic N) is 1. The highest BCUT2D eigenvalue weighted by atomic mass is 16.2. The van der Waals surface area contributed by atoms with Crippen molar-refractivity contribution in [1.29, 1.82) is 0 Å². The number of amides is 1. The molecule has 3 nitrogen and oxygen atoms in total. The Kier molecular flexibility index (Phi) is 4.58. The Labute approximate surface area is 93.0 Å². The maximum atomic E-state index is 12.0. The molecule has 3 heteroatoms. The number of carbonyl (C=O) groups excluding carboxylic acids is 1. The molecule has 88 valence electrons. The third-order valence-corrected chi connectivity index (χ3v) is 3.40. The molecular weight excluding hydrogens is 188 g/mol. The molecule has 1 aliphatic heterocycles. The highest BCUT2D eigenvalue weighted by molar-refractivity contribution is 5.77. The van der Waals surface area contributed by atoms with E-state index in [1.165, 1.54) is 6.42 Å². The van der Waals surface area contributed by atoms with Crippen molar-refractivity contribution >= 4 is 5.91 Å². The molecular formula is C12H24N2O. The Morgan fingerprint density at radius 3 is 2.73 bits per heavy atom. The lowest BCUT2D eigenvalue weighted by atomic mass is 9.94. The van der Waals surface area contributed by atoms with Gasteiger partial charge in [-0.25, -0.2) is 0 Å². The number of rotatable bonds is 3. The monoisotopic (exact) mass is 212 g/mol. The zero-order valence-electron chi connectivity index (χ0n) is 10.2. The summed E-state index contributed by atoms with van der Waals surface area (Å²) >= 11 is 0. The van der Waals surface area contributed by atoms with Crippen molar-refractivity contribution in [3.8, 4) is 0 Å². The largest absolute Gasteiger partial charge is 0.340 e. The van der Waals surface area contributed by atoms with Gasteiger partial charge in [0.25, 0.3) is 0 Å². The Balaban J connectivity index is 2.49. The van der Waals surface area contributed by atoms with E-state index in [4.69, 9.17) is 5.73 Å². The molecule has 0 aromatic rings. The summed E-state index contributed by atoms with van der Waals surface area (Å²) in [5.41, 5.74) is 5.81. The fourth-order valence-electron chi connectivity index (χ4n) is 2.12. The fourth-order valence-corrected chi connectivity index (χ4v) is 2.12. The first-order valence-electron chi connectivity index (χ1n) is 6.09. The van der Waals surface area contributed by atoms with E-state index in [2.05, 4.69) is 13.8 Å². The van der Waals surface area contributed by atoms with Gasteiger partial charge in [-0.2, -0.15) is 0 Å². The highest BCUT2D eigenvalue weighted by Crippen LogP contribution is 2.22. The van der Waals surface area contributed by atoms with Gasteiger partial charge in [-0.15, -0.1) is 0 Å². The lowest BCUT2D eigenvalue weighted by Gasteiger charge is -2.37. The summed E-state index contributed by atoms with van der Waals surface area (Å²) in [4.78, 5) is 14.0. The molecule has 2 N–H and O–H groups in total. The van der Waals surface area contributed by atoms with E-state index in [0.717, 1.165) is 19.4 Å². The molecule has 0 spiro atoms. The Morgan fingerprint density at radius 2 is 2.13 bits per heavy atom. The minimum Gasteiger partial charge on any atom is -0.340 e. The van der Waals surface area contributed by atoms with Crippen LogP contribution in [0.5, 0.6) is 0 Å². The molecule has 1 rings (SSSR count). The molecule has 1 aliphatic rings. The third-order valence-electron chi connectivity index (χ3n) is 3.40. The molecule has 0 aliphatic carbocycles.